The summed E-state index contributed by atoms with van der Waals surface area (Å²) in [5.74, 6) is -3.91. The summed E-state index contributed by atoms with van der Waals surface area (Å²) in [6.45, 7) is 2.26. The third kappa shape index (κ3) is 7.29. The first-order valence-corrected chi connectivity index (χ1v) is 14.1. The Hall–Kier alpha value is -3.14. The van der Waals surface area contributed by atoms with Crippen LogP contribution in [0, 0.1) is 58.3 Å². The molecule has 0 heterocycles. The number of allylic oxidation sites excluding steroid dienone is 1. The van der Waals surface area contributed by atoms with E-state index in [0.29, 0.717) is 18.1 Å². The van der Waals surface area contributed by atoms with E-state index in [1.54, 1.807) is 6.08 Å². The maximum atomic E-state index is 14.7. The smallest absolute Gasteiger partial charge is 0.349 e. The fourth-order valence-corrected chi connectivity index (χ4v) is 6.25. The van der Waals surface area contributed by atoms with Gasteiger partial charge in [-0.3, -0.25) is 0 Å². The maximum absolute atomic E-state index is 14.7. The zero-order chi connectivity index (χ0) is 27.9. The highest BCUT2D eigenvalue weighted by Crippen LogP contribution is 2.42. The largest absolute Gasteiger partial charge is 0.423 e. The molecule has 0 bridgehead atoms. The molecule has 0 saturated heterocycles. The molecule has 2 fully saturated rings. The Labute approximate surface area is 227 Å². The Morgan fingerprint density at radius 3 is 2.00 bits per heavy atom. The molecule has 2 aromatic rings. The van der Waals surface area contributed by atoms with E-state index in [4.69, 9.17) is 10.00 Å². The van der Waals surface area contributed by atoms with Gasteiger partial charge in [0.1, 0.15) is 46.2 Å². The van der Waals surface area contributed by atoms with E-state index in [1.807, 2.05) is 6.08 Å². The average molecular weight is 542 g/mol. The minimum absolute atomic E-state index is 0.282. The summed E-state index contributed by atoms with van der Waals surface area (Å²) in [5.41, 5.74) is -1.52. The molecule has 2 aliphatic carbocycles. The Morgan fingerprint density at radius 1 is 0.897 bits per heavy atom. The predicted molar refractivity (Wildman–Crippen MR) is 142 cm³/mol. The van der Waals surface area contributed by atoms with E-state index in [1.165, 1.54) is 63.9 Å². The van der Waals surface area contributed by atoms with Crippen LogP contribution >= 0.6 is 0 Å². The predicted octanol–water partition coefficient (Wildman–Crippen LogP) is 9.15. The van der Waals surface area contributed by atoms with E-state index in [0.717, 1.165) is 42.7 Å². The van der Waals surface area contributed by atoms with Crippen molar-refractivity contribution in [2.24, 2.45) is 23.7 Å². The number of esters is 1. The van der Waals surface area contributed by atoms with Crippen LogP contribution in [0.3, 0.4) is 0 Å². The second kappa shape index (κ2) is 13.3. The molecule has 2 aliphatic rings. The van der Waals surface area contributed by atoms with Crippen molar-refractivity contribution >= 4 is 12.0 Å². The summed E-state index contributed by atoms with van der Waals surface area (Å²) >= 11 is 0. The van der Waals surface area contributed by atoms with Crippen LogP contribution in [0.5, 0.6) is 5.75 Å². The summed E-state index contributed by atoms with van der Waals surface area (Å²) in [6, 6.07) is 4.65. The highest BCUT2D eigenvalue weighted by Gasteiger charge is 2.30. The van der Waals surface area contributed by atoms with Crippen LogP contribution in [-0.2, 0) is 0 Å². The number of benzene rings is 2. The van der Waals surface area contributed by atoms with Crippen molar-refractivity contribution in [1.82, 2.24) is 0 Å². The van der Waals surface area contributed by atoms with Crippen molar-refractivity contribution in [3.05, 3.63) is 70.3 Å². The molecule has 3 nitrogen and oxygen atoms in total. The lowest BCUT2D eigenvalue weighted by Crippen LogP contribution is -2.25. The molecule has 208 valence electrons. The number of ether oxygens (including phenoxy) is 1. The first-order valence-electron chi connectivity index (χ1n) is 14.1. The van der Waals surface area contributed by atoms with Crippen LogP contribution in [0.1, 0.15) is 99.0 Å². The number of hydrogen-bond donors (Lipinski definition) is 0. The quantitative estimate of drug-likeness (QED) is 0.190. The van der Waals surface area contributed by atoms with E-state index in [9.17, 15) is 22.4 Å². The molecule has 2 saturated carbocycles. The molecule has 0 radical (unpaired) electrons. The molecule has 39 heavy (non-hydrogen) atoms. The summed E-state index contributed by atoms with van der Waals surface area (Å²) in [7, 11) is 0. The van der Waals surface area contributed by atoms with Gasteiger partial charge in [-0.25, -0.2) is 22.4 Å². The summed E-state index contributed by atoms with van der Waals surface area (Å²) in [6.07, 6.45) is 17.6. The van der Waals surface area contributed by atoms with Crippen molar-refractivity contribution in [3.8, 4) is 11.8 Å². The Bertz CT molecular complexity index is 1190. The van der Waals surface area contributed by atoms with Gasteiger partial charge < -0.3 is 4.74 Å². The maximum Gasteiger partial charge on any atom is 0.349 e. The van der Waals surface area contributed by atoms with Crippen molar-refractivity contribution in [2.75, 3.05) is 0 Å². The lowest BCUT2D eigenvalue weighted by Gasteiger charge is -2.37. The average Bonchev–Trinajstić information content (AvgIpc) is 2.91. The molecule has 0 atom stereocenters. The van der Waals surface area contributed by atoms with Crippen LogP contribution in [0.15, 0.2) is 30.3 Å². The number of unbranched alkanes of at least 4 members (excludes halogenated alkanes) is 1. The topological polar surface area (TPSA) is 50.1 Å². The third-order valence-electron chi connectivity index (χ3n) is 8.51. The van der Waals surface area contributed by atoms with Gasteiger partial charge in [0, 0.05) is 12.1 Å². The SMILES string of the molecule is CCCCC1CCC(C2CCC(/C=C/c3cc(F)c(C(=O)Oc4cc(F)c(C#N)c(F)c4)c(F)c3)CC2)CC1. The van der Waals surface area contributed by atoms with Gasteiger partial charge in [-0.2, -0.15) is 5.26 Å². The fraction of sp³-hybridized carbons (Fsp3) is 0.500. The van der Waals surface area contributed by atoms with Crippen LogP contribution < -0.4 is 4.74 Å². The fourth-order valence-electron chi connectivity index (χ4n) is 6.25. The second-order valence-electron chi connectivity index (χ2n) is 11.1. The zero-order valence-electron chi connectivity index (χ0n) is 22.3. The number of nitriles is 1. The van der Waals surface area contributed by atoms with Gasteiger partial charge in [0.15, 0.2) is 0 Å². The molecule has 2 aromatic carbocycles. The van der Waals surface area contributed by atoms with Crippen molar-refractivity contribution in [2.45, 2.75) is 77.6 Å². The third-order valence-corrected chi connectivity index (χ3v) is 8.51. The number of halogens is 4. The van der Waals surface area contributed by atoms with Crippen LogP contribution in [0.2, 0.25) is 0 Å². The monoisotopic (exact) mass is 541 g/mol. The number of hydrogen-bond acceptors (Lipinski definition) is 3. The van der Waals surface area contributed by atoms with Gasteiger partial charge in [-0.1, -0.05) is 51.2 Å². The number of carbonyl (C=O) groups is 1. The van der Waals surface area contributed by atoms with Gasteiger partial charge in [-0.05, 0) is 79.9 Å². The van der Waals surface area contributed by atoms with Crippen molar-refractivity contribution < 1.29 is 27.1 Å². The first kappa shape index (κ1) is 28.9. The van der Waals surface area contributed by atoms with Gasteiger partial charge in [-0.15, -0.1) is 0 Å². The number of carbonyl (C=O) groups excluding carboxylic acids is 1. The van der Waals surface area contributed by atoms with E-state index in [2.05, 4.69) is 6.92 Å². The normalized spacial score (nSPS) is 23.5. The highest BCUT2D eigenvalue weighted by atomic mass is 19.1. The molecule has 0 N–H and O–H groups in total. The van der Waals surface area contributed by atoms with Crippen LogP contribution in [-0.4, -0.2) is 5.97 Å². The lowest BCUT2D eigenvalue weighted by molar-refractivity contribution is 0.0723. The Kier molecular flexibility index (Phi) is 9.83. The molecule has 0 aliphatic heterocycles. The van der Waals surface area contributed by atoms with Gasteiger partial charge in [0.25, 0.3) is 0 Å². The van der Waals surface area contributed by atoms with Gasteiger partial charge >= 0.3 is 5.97 Å². The van der Waals surface area contributed by atoms with E-state index < -0.39 is 46.1 Å². The molecule has 0 unspecified atom stereocenters. The molecule has 0 aromatic heterocycles. The second-order valence-corrected chi connectivity index (χ2v) is 11.1. The molecular weight excluding hydrogens is 506 g/mol. The summed E-state index contributed by atoms with van der Waals surface area (Å²) in [4.78, 5) is 12.3. The van der Waals surface area contributed by atoms with Crippen LogP contribution in [0.4, 0.5) is 17.6 Å². The van der Waals surface area contributed by atoms with E-state index in [-0.39, 0.29) is 5.56 Å². The Balaban J connectivity index is 1.31. The molecule has 0 amide bonds. The van der Waals surface area contributed by atoms with E-state index >= 15 is 0 Å². The Morgan fingerprint density at radius 2 is 1.46 bits per heavy atom. The minimum Gasteiger partial charge on any atom is -0.423 e. The zero-order valence-corrected chi connectivity index (χ0v) is 22.3. The molecule has 0 spiro atoms. The summed E-state index contributed by atoms with van der Waals surface area (Å²) in [5, 5.41) is 8.73. The summed E-state index contributed by atoms with van der Waals surface area (Å²) < 4.78 is 61.7. The lowest BCUT2D eigenvalue weighted by atomic mass is 9.68. The standard InChI is InChI=1S/C32H35F4NO2/c1-2-3-4-20-7-11-23(12-8-20)24-13-9-21(10-14-24)5-6-22-15-29(35)31(30(36)16-22)32(38)39-25-17-27(33)26(19-37)28(34)18-25/h5-6,15-18,20-21,23-24H,2-4,7-14H2,1H3/b6-5+. The first-order chi connectivity index (χ1) is 18.8. The highest BCUT2D eigenvalue weighted by molar-refractivity contribution is 5.92. The number of rotatable bonds is 8. The van der Waals surface area contributed by atoms with Crippen LogP contribution in [0.25, 0.3) is 6.08 Å². The molecule has 4 rings (SSSR count). The van der Waals surface area contributed by atoms with Crippen molar-refractivity contribution in [1.29, 1.82) is 5.26 Å². The van der Waals surface area contributed by atoms with Gasteiger partial charge in [0.05, 0.1) is 0 Å². The van der Waals surface area contributed by atoms with Gasteiger partial charge in [0.2, 0.25) is 0 Å². The van der Waals surface area contributed by atoms with Crippen molar-refractivity contribution in [3.63, 3.8) is 0 Å². The molecule has 7 heteroatoms. The minimum atomic E-state index is -1.43. The molecular formula is C32H35F4NO2. The number of nitrogens with zero attached hydrogens (tertiary/aromatic N) is 1.